The zero-order valence-electron chi connectivity index (χ0n) is 12.1. The summed E-state index contributed by atoms with van der Waals surface area (Å²) in [7, 11) is 0. The van der Waals surface area contributed by atoms with Gasteiger partial charge < -0.3 is 19.5 Å². The molecule has 1 spiro atoms. The number of nitrogens with zero attached hydrogens (tertiary/aromatic N) is 1. The molecule has 1 aromatic carbocycles. The largest absolute Gasteiger partial charge is 0.550 e. The molecule has 2 fully saturated rings. The van der Waals surface area contributed by atoms with Crippen LogP contribution in [-0.4, -0.2) is 35.0 Å². The van der Waals surface area contributed by atoms with E-state index in [2.05, 4.69) is 0 Å². The molecular formula is C17H16NO4-. The average Bonchev–Trinajstić information content (AvgIpc) is 3.15. The molecule has 3 aliphatic heterocycles. The molecular weight excluding hydrogens is 282 g/mol. The molecule has 0 aromatic heterocycles. The summed E-state index contributed by atoms with van der Waals surface area (Å²) in [6, 6.07) is 9.60. The molecule has 114 valence electrons. The zero-order chi connectivity index (χ0) is 15.5. The van der Waals surface area contributed by atoms with Crippen LogP contribution in [0.1, 0.15) is 18.5 Å². The van der Waals surface area contributed by atoms with Crippen LogP contribution in [0.3, 0.4) is 0 Å². The minimum absolute atomic E-state index is 0.118. The lowest BCUT2D eigenvalue weighted by Gasteiger charge is -2.28. The van der Waals surface area contributed by atoms with Crippen LogP contribution in [0.25, 0.3) is 0 Å². The van der Waals surface area contributed by atoms with Gasteiger partial charge in [0.15, 0.2) is 0 Å². The number of benzene rings is 1. The third kappa shape index (κ3) is 1.63. The average molecular weight is 298 g/mol. The van der Waals surface area contributed by atoms with Crippen molar-refractivity contribution in [3.8, 4) is 0 Å². The fourth-order valence-corrected chi connectivity index (χ4v) is 4.04. The van der Waals surface area contributed by atoms with E-state index in [9.17, 15) is 14.7 Å². The van der Waals surface area contributed by atoms with Crippen molar-refractivity contribution < 1.29 is 19.4 Å². The maximum Gasteiger partial charge on any atom is 0.230 e. The van der Waals surface area contributed by atoms with Gasteiger partial charge in [-0.25, -0.2) is 0 Å². The van der Waals surface area contributed by atoms with Gasteiger partial charge >= 0.3 is 0 Å². The minimum Gasteiger partial charge on any atom is -0.550 e. The van der Waals surface area contributed by atoms with Crippen molar-refractivity contribution in [1.29, 1.82) is 0 Å². The summed E-state index contributed by atoms with van der Waals surface area (Å²) in [6.45, 7) is 2.35. The maximum absolute atomic E-state index is 12.8. The third-order valence-corrected chi connectivity index (χ3v) is 5.15. The highest BCUT2D eigenvalue weighted by atomic mass is 16.5. The van der Waals surface area contributed by atoms with E-state index in [1.54, 1.807) is 11.0 Å². The summed E-state index contributed by atoms with van der Waals surface area (Å²) in [6.07, 6.45) is 3.08. The molecule has 5 atom stereocenters. The smallest absolute Gasteiger partial charge is 0.230 e. The number of carboxylic acids is 1. The Morgan fingerprint density at radius 3 is 2.82 bits per heavy atom. The van der Waals surface area contributed by atoms with Crippen molar-refractivity contribution in [2.45, 2.75) is 24.7 Å². The molecule has 1 aromatic rings. The number of ether oxygens (including phenoxy) is 1. The Bertz CT molecular complexity index is 670. The molecule has 3 aliphatic rings. The van der Waals surface area contributed by atoms with E-state index in [-0.39, 0.29) is 11.9 Å². The standard InChI is InChI=1S/C17H17NO4/c1-10(11-5-3-2-4-6-11)18-9-17-8-7-12(22-17)13(16(20)21)14(17)15(18)19/h2-8,10,12-14H,9H2,1H3,(H,20,21)/p-1/t10-,12+,13+,14-,17+/m1/s1. The Balaban J connectivity index is 1.68. The Morgan fingerprint density at radius 2 is 2.14 bits per heavy atom. The Labute approximate surface area is 128 Å². The summed E-state index contributed by atoms with van der Waals surface area (Å²) < 4.78 is 5.85. The number of carboxylic acid groups (broad SMARTS) is 1. The highest BCUT2D eigenvalue weighted by molar-refractivity contribution is 5.90. The highest BCUT2D eigenvalue weighted by Crippen LogP contribution is 2.52. The van der Waals surface area contributed by atoms with Gasteiger partial charge in [-0.15, -0.1) is 0 Å². The van der Waals surface area contributed by atoms with E-state index in [4.69, 9.17) is 4.74 Å². The number of rotatable bonds is 3. The summed E-state index contributed by atoms with van der Waals surface area (Å²) in [5.74, 6) is -2.91. The van der Waals surface area contributed by atoms with Crippen LogP contribution in [-0.2, 0) is 14.3 Å². The van der Waals surface area contributed by atoms with Gasteiger partial charge in [0.1, 0.15) is 5.60 Å². The van der Waals surface area contributed by atoms with Gasteiger partial charge in [-0.1, -0.05) is 42.5 Å². The second kappa shape index (κ2) is 4.43. The molecule has 2 bridgehead atoms. The first kappa shape index (κ1) is 13.5. The molecule has 3 heterocycles. The number of hydrogen-bond donors (Lipinski definition) is 0. The first-order chi connectivity index (χ1) is 10.5. The van der Waals surface area contributed by atoms with E-state index < -0.39 is 29.5 Å². The van der Waals surface area contributed by atoms with E-state index in [1.807, 2.05) is 43.3 Å². The topological polar surface area (TPSA) is 69.7 Å². The van der Waals surface area contributed by atoms with E-state index in [0.717, 1.165) is 5.56 Å². The van der Waals surface area contributed by atoms with Crippen LogP contribution < -0.4 is 5.11 Å². The van der Waals surface area contributed by atoms with Crippen LogP contribution >= 0.6 is 0 Å². The fraction of sp³-hybridized carbons (Fsp3) is 0.412. The van der Waals surface area contributed by atoms with Crippen LogP contribution in [0.5, 0.6) is 0 Å². The van der Waals surface area contributed by atoms with Gasteiger partial charge in [0, 0.05) is 11.9 Å². The van der Waals surface area contributed by atoms with Crippen molar-refractivity contribution in [3.63, 3.8) is 0 Å². The van der Waals surface area contributed by atoms with Crippen LogP contribution in [0.15, 0.2) is 42.5 Å². The van der Waals surface area contributed by atoms with Gasteiger partial charge in [-0.3, -0.25) is 4.79 Å². The highest BCUT2D eigenvalue weighted by Gasteiger charge is 2.65. The SMILES string of the molecule is C[C@H](c1ccccc1)N1C[C@]23C=C[C@H](O2)[C@H](C(=O)[O-])[C@@H]3C1=O. The molecule has 5 heteroatoms. The third-order valence-electron chi connectivity index (χ3n) is 5.15. The molecule has 0 saturated carbocycles. The molecule has 0 aliphatic carbocycles. The van der Waals surface area contributed by atoms with Crippen LogP contribution in [0, 0.1) is 11.8 Å². The van der Waals surface area contributed by atoms with Crippen LogP contribution in [0.4, 0.5) is 0 Å². The molecule has 0 N–H and O–H groups in total. The minimum atomic E-state index is -1.20. The van der Waals surface area contributed by atoms with E-state index in [1.165, 1.54) is 0 Å². The quantitative estimate of drug-likeness (QED) is 0.752. The van der Waals surface area contributed by atoms with E-state index in [0.29, 0.717) is 6.54 Å². The molecule has 0 unspecified atom stereocenters. The summed E-state index contributed by atoms with van der Waals surface area (Å²) >= 11 is 0. The predicted octanol–water partition coefficient (Wildman–Crippen LogP) is 0.279. The van der Waals surface area contributed by atoms with Gasteiger partial charge in [0.2, 0.25) is 5.91 Å². The van der Waals surface area contributed by atoms with Gasteiger partial charge in [-0.05, 0) is 12.5 Å². The molecule has 4 rings (SSSR count). The monoisotopic (exact) mass is 298 g/mol. The molecule has 2 saturated heterocycles. The lowest BCUT2D eigenvalue weighted by Crippen LogP contribution is -2.45. The number of hydrogen-bond acceptors (Lipinski definition) is 4. The number of carbonyl (C=O) groups is 2. The summed E-state index contributed by atoms with van der Waals surface area (Å²) in [5.41, 5.74) is 0.228. The maximum atomic E-state index is 12.8. The Morgan fingerprint density at radius 1 is 1.41 bits per heavy atom. The van der Waals surface area contributed by atoms with Crippen molar-refractivity contribution in [2.24, 2.45) is 11.8 Å². The summed E-state index contributed by atoms with van der Waals surface area (Å²) in [4.78, 5) is 26.0. The Hall–Kier alpha value is -2.14. The second-order valence-electron chi connectivity index (χ2n) is 6.27. The van der Waals surface area contributed by atoms with Gasteiger partial charge in [0.25, 0.3) is 0 Å². The number of aliphatic carboxylic acids is 1. The zero-order valence-corrected chi connectivity index (χ0v) is 12.1. The van der Waals surface area contributed by atoms with Crippen molar-refractivity contribution in [1.82, 2.24) is 4.90 Å². The lowest BCUT2D eigenvalue weighted by molar-refractivity contribution is -0.313. The number of amides is 1. The second-order valence-corrected chi connectivity index (χ2v) is 6.27. The van der Waals surface area contributed by atoms with E-state index >= 15 is 0 Å². The molecule has 1 amide bonds. The lowest BCUT2D eigenvalue weighted by atomic mass is 9.77. The van der Waals surface area contributed by atoms with Gasteiger partial charge in [0.05, 0.1) is 24.6 Å². The molecule has 0 radical (unpaired) electrons. The summed E-state index contributed by atoms with van der Waals surface area (Å²) in [5, 5.41) is 11.4. The molecule has 5 nitrogen and oxygen atoms in total. The molecule has 22 heavy (non-hydrogen) atoms. The first-order valence-electron chi connectivity index (χ1n) is 7.47. The van der Waals surface area contributed by atoms with Crippen molar-refractivity contribution >= 4 is 11.9 Å². The van der Waals surface area contributed by atoms with Crippen LogP contribution in [0.2, 0.25) is 0 Å². The number of fused-ring (bicyclic) bond motifs is 1. The van der Waals surface area contributed by atoms with Crippen molar-refractivity contribution in [3.05, 3.63) is 48.0 Å². The van der Waals surface area contributed by atoms with Gasteiger partial charge in [-0.2, -0.15) is 0 Å². The number of likely N-dealkylation sites (tertiary alicyclic amines) is 1. The fourth-order valence-electron chi connectivity index (χ4n) is 4.04. The number of carbonyl (C=O) groups excluding carboxylic acids is 2. The first-order valence-corrected chi connectivity index (χ1v) is 7.47. The Kier molecular flexibility index (Phi) is 2.72. The van der Waals surface area contributed by atoms with Crippen molar-refractivity contribution in [2.75, 3.05) is 6.54 Å². The predicted molar refractivity (Wildman–Crippen MR) is 75.3 cm³/mol. The normalized spacial score (nSPS) is 36.7.